The quantitative estimate of drug-likeness (QED) is 0.720. The van der Waals surface area contributed by atoms with Crippen molar-refractivity contribution in [2.24, 2.45) is 0 Å². The topological polar surface area (TPSA) is 72.9 Å². The van der Waals surface area contributed by atoms with Gasteiger partial charge >= 0.3 is 12.0 Å². The van der Waals surface area contributed by atoms with Gasteiger partial charge in [0.15, 0.2) is 0 Å². The smallest absolute Gasteiger partial charge is 0.317 e. The van der Waals surface area contributed by atoms with Gasteiger partial charge in [-0.05, 0) is 31.4 Å². The Morgan fingerprint density at radius 1 is 1.20 bits per heavy atom. The van der Waals surface area contributed by atoms with E-state index in [0.717, 1.165) is 31.4 Å². The third-order valence-corrected chi connectivity index (χ3v) is 4.70. The van der Waals surface area contributed by atoms with E-state index in [0.29, 0.717) is 13.1 Å². The number of aliphatic carboxylic acids is 1. The molecule has 2 N–H and O–H groups in total. The molecule has 1 aliphatic carbocycles. The van der Waals surface area contributed by atoms with Crippen molar-refractivity contribution >= 4 is 12.0 Å². The molecule has 0 saturated heterocycles. The van der Waals surface area contributed by atoms with Gasteiger partial charge in [0.2, 0.25) is 0 Å². The van der Waals surface area contributed by atoms with E-state index in [-0.39, 0.29) is 24.7 Å². The maximum Gasteiger partial charge on any atom is 0.317 e. The number of hydrogen-bond donors (Lipinski definition) is 2. The van der Waals surface area contributed by atoms with Crippen molar-refractivity contribution in [2.75, 3.05) is 19.6 Å². The highest BCUT2D eigenvalue weighted by Gasteiger charge is 2.35. The molecule has 2 amide bonds. The van der Waals surface area contributed by atoms with Gasteiger partial charge in [0.25, 0.3) is 0 Å². The van der Waals surface area contributed by atoms with Crippen LogP contribution in [-0.4, -0.2) is 58.6 Å². The number of carboxylic acid groups (broad SMARTS) is 1. The zero-order valence-electron chi connectivity index (χ0n) is 15.1. The van der Waals surface area contributed by atoms with Crippen LogP contribution in [0.2, 0.25) is 0 Å². The van der Waals surface area contributed by atoms with E-state index in [1.807, 2.05) is 47.1 Å². The van der Waals surface area contributed by atoms with E-state index >= 15 is 0 Å². The molecule has 1 aromatic rings. The van der Waals surface area contributed by atoms with Crippen LogP contribution in [0.25, 0.3) is 0 Å². The molecule has 1 aromatic carbocycles. The van der Waals surface area contributed by atoms with Gasteiger partial charge in [0, 0.05) is 25.2 Å². The van der Waals surface area contributed by atoms with Crippen molar-refractivity contribution in [3.63, 3.8) is 0 Å². The van der Waals surface area contributed by atoms with Crippen LogP contribution < -0.4 is 5.32 Å². The fourth-order valence-corrected chi connectivity index (χ4v) is 3.27. The Balaban J connectivity index is 1.82. The van der Waals surface area contributed by atoms with E-state index in [4.69, 9.17) is 5.11 Å². The zero-order chi connectivity index (χ0) is 18.2. The number of nitrogens with zero attached hydrogens (tertiary/aromatic N) is 2. The predicted molar refractivity (Wildman–Crippen MR) is 97.4 cm³/mol. The summed E-state index contributed by atoms with van der Waals surface area (Å²) in [4.78, 5) is 27.3. The minimum absolute atomic E-state index is 0.0320. The van der Waals surface area contributed by atoms with Crippen molar-refractivity contribution in [3.8, 4) is 0 Å². The molecule has 25 heavy (non-hydrogen) atoms. The van der Waals surface area contributed by atoms with Crippen molar-refractivity contribution in [1.82, 2.24) is 15.1 Å². The summed E-state index contributed by atoms with van der Waals surface area (Å²) in [6.07, 6.45) is 2.55. The summed E-state index contributed by atoms with van der Waals surface area (Å²) in [5.74, 6) is -0.800. The van der Waals surface area contributed by atoms with Gasteiger partial charge in [-0.15, -0.1) is 0 Å². The number of amides is 2. The molecule has 1 saturated carbocycles. The number of carboxylic acids is 1. The van der Waals surface area contributed by atoms with Crippen LogP contribution in [0.3, 0.4) is 0 Å². The monoisotopic (exact) mass is 347 g/mol. The molecular formula is C19H29N3O3. The largest absolute Gasteiger partial charge is 0.480 e. The van der Waals surface area contributed by atoms with E-state index in [1.54, 1.807) is 0 Å². The zero-order valence-corrected chi connectivity index (χ0v) is 15.1. The van der Waals surface area contributed by atoms with Crippen LogP contribution in [0.5, 0.6) is 0 Å². The summed E-state index contributed by atoms with van der Waals surface area (Å²) in [5.41, 5.74) is 1.12. The molecule has 0 atom stereocenters. The maximum absolute atomic E-state index is 12.6. The van der Waals surface area contributed by atoms with E-state index in [2.05, 4.69) is 12.2 Å². The summed E-state index contributed by atoms with van der Waals surface area (Å²) in [5, 5.41) is 12.0. The van der Waals surface area contributed by atoms with Crippen LogP contribution >= 0.6 is 0 Å². The van der Waals surface area contributed by atoms with E-state index < -0.39 is 5.97 Å². The van der Waals surface area contributed by atoms with Crippen molar-refractivity contribution in [3.05, 3.63) is 35.9 Å². The molecular weight excluding hydrogens is 318 g/mol. The standard InChI is InChI=1S/C19H29N3O3/c1-3-10-22(13-15-8-6-5-7-9-15)19(25)20-16-11-17(12-16)21(4-2)14-18(23)24/h5-9,16-17H,3-4,10-14H2,1-2H3,(H,20,25)(H,23,24). The minimum Gasteiger partial charge on any atom is -0.480 e. The van der Waals surface area contributed by atoms with Gasteiger partial charge in [-0.2, -0.15) is 0 Å². The number of likely N-dealkylation sites (N-methyl/N-ethyl adjacent to an activating group) is 1. The fraction of sp³-hybridized carbons (Fsp3) is 0.579. The van der Waals surface area contributed by atoms with Gasteiger partial charge < -0.3 is 15.3 Å². The summed E-state index contributed by atoms with van der Waals surface area (Å²) in [6, 6.07) is 10.3. The Morgan fingerprint density at radius 2 is 1.88 bits per heavy atom. The second kappa shape index (κ2) is 9.42. The van der Waals surface area contributed by atoms with Gasteiger partial charge in [0.05, 0.1) is 6.54 Å². The molecule has 138 valence electrons. The molecule has 1 fully saturated rings. The fourth-order valence-electron chi connectivity index (χ4n) is 3.27. The number of nitrogens with one attached hydrogen (secondary N) is 1. The molecule has 0 unspecified atom stereocenters. The van der Waals surface area contributed by atoms with E-state index in [1.165, 1.54) is 0 Å². The molecule has 0 aromatic heterocycles. The Bertz CT molecular complexity index is 558. The van der Waals surface area contributed by atoms with Gasteiger partial charge in [0.1, 0.15) is 0 Å². The van der Waals surface area contributed by atoms with Crippen molar-refractivity contribution in [2.45, 2.75) is 51.7 Å². The Kier molecular flexibility index (Phi) is 7.25. The molecule has 2 rings (SSSR count). The summed E-state index contributed by atoms with van der Waals surface area (Å²) in [7, 11) is 0. The average molecular weight is 347 g/mol. The Morgan fingerprint density at radius 3 is 2.44 bits per heavy atom. The third-order valence-electron chi connectivity index (χ3n) is 4.70. The highest BCUT2D eigenvalue weighted by Crippen LogP contribution is 2.25. The third kappa shape index (κ3) is 5.74. The lowest BCUT2D eigenvalue weighted by atomic mass is 9.85. The van der Waals surface area contributed by atoms with Crippen LogP contribution in [0, 0.1) is 0 Å². The second-order valence-electron chi connectivity index (χ2n) is 6.64. The number of hydrogen-bond acceptors (Lipinski definition) is 3. The molecule has 0 heterocycles. The number of benzene rings is 1. The van der Waals surface area contributed by atoms with Gasteiger partial charge in [-0.25, -0.2) is 4.79 Å². The lowest BCUT2D eigenvalue weighted by molar-refractivity contribution is -0.139. The minimum atomic E-state index is -0.800. The van der Waals surface area contributed by atoms with Gasteiger partial charge in [-0.3, -0.25) is 9.69 Å². The first-order valence-electron chi connectivity index (χ1n) is 9.08. The first kappa shape index (κ1) is 19.2. The molecule has 0 spiro atoms. The highest BCUT2D eigenvalue weighted by molar-refractivity contribution is 5.74. The number of urea groups is 1. The predicted octanol–water partition coefficient (Wildman–Crippen LogP) is 2.55. The first-order chi connectivity index (χ1) is 12.0. The first-order valence-corrected chi connectivity index (χ1v) is 9.08. The molecule has 0 bridgehead atoms. The number of carbonyl (C=O) groups is 2. The van der Waals surface area contributed by atoms with Gasteiger partial charge in [-0.1, -0.05) is 44.2 Å². The molecule has 0 radical (unpaired) electrons. The normalized spacial score (nSPS) is 19.3. The van der Waals surface area contributed by atoms with E-state index in [9.17, 15) is 9.59 Å². The highest BCUT2D eigenvalue weighted by atomic mass is 16.4. The second-order valence-corrected chi connectivity index (χ2v) is 6.64. The summed E-state index contributed by atoms with van der Waals surface area (Å²) in [6.45, 7) is 6.15. The van der Waals surface area contributed by atoms with Crippen LogP contribution in [0.15, 0.2) is 30.3 Å². The van der Waals surface area contributed by atoms with Crippen LogP contribution in [-0.2, 0) is 11.3 Å². The van der Waals surface area contributed by atoms with Crippen LogP contribution in [0.1, 0.15) is 38.7 Å². The number of carbonyl (C=O) groups excluding carboxylic acids is 1. The Labute approximate surface area is 149 Å². The molecule has 0 aliphatic heterocycles. The SMILES string of the molecule is CCCN(Cc1ccccc1)C(=O)NC1CC(N(CC)CC(=O)O)C1. The summed E-state index contributed by atoms with van der Waals surface area (Å²) < 4.78 is 0. The molecule has 6 nitrogen and oxygen atoms in total. The average Bonchev–Trinajstić information content (AvgIpc) is 2.56. The van der Waals surface area contributed by atoms with Crippen molar-refractivity contribution in [1.29, 1.82) is 0 Å². The van der Waals surface area contributed by atoms with Crippen molar-refractivity contribution < 1.29 is 14.7 Å². The molecule has 6 heteroatoms. The lowest BCUT2D eigenvalue weighted by Crippen LogP contribution is -2.56. The molecule has 1 aliphatic rings. The van der Waals surface area contributed by atoms with Crippen LogP contribution in [0.4, 0.5) is 4.79 Å². The lowest BCUT2D eigenvalue weighted by Gasteiger charge is -2.42. The number of rotatable bonds is 9. The summed E-state index contributed by atoms with van der Waals surface area (Å²) >= 11 is 0. The maximum atomic E-state index is 12.6. The Hall–Kier alpha value is -2.08.